The topological polar surface area (TPSA) is 25.2 Å². The van der Waals surface area contributed by atoms with Crippen LogP contribution in [0.3, 0.4) is 0 Å². The van der Waals surface area contributed by atoms with Gasteiger partial charge in [0.25, 0.3) is 0 Å². The van der Waals surface area contributed by atoms with E-state index in [1.807, 2.05) is 0 Å². The summed E-state index contributed by atoms with van der Waals surface area (Å²) in [7, 11) is 0. The van der Waals surface area contributed by atoms with Gasteiger partial charge in [0.2, 0.25) is 0 Å². The highest BCUT2D eigenvalue weighted by Gasteiger charge is 2.26. The summed E-state index contributed by atoms with van der Waals surface area (Å²) in [5.41, 5.74) is 3.62. The molecule has 66 valence electrons. The van der Waals surface area contributed by atoms with Crippen molar-refractivity contribution in [3.05, 3.63) is 23.0 Å². The van der Waals surface area contributed by atoms with E-state index in [0.29, 0.717) is 0 Å². The van der Waals surface area contributed by atoms with Crippen LogP contribution in [-0.2, 0) is 6.61 Å². The van der Waals surface area contributed by atoms with Gasteiger partial charge in [0.05, 0.1) is 6.61 Å². The predicted octanol–water partition coefficient (Wildman–Crippen LogP) is 1.93. The van der Waals surface area contributed by atoms with Crippen LogP contribution in [0.4, 0.5) is 0 Å². The van der Waals surface area contributed by atoms with Crippen LogP contribution in [0.25, 0.3) is 0 Å². The minimum absolute atomic E-state index is 0.173. The monoisotopic (exact) mass is 165 g/mol. The van der Waals surface area contributed by atoms with E-state index >= 15 is 0 Å². The van der Waals surface area contributed by atoms with Crippen molar-refractivity contribution in [2.75, 3.05) is 0 Å². The Morgan fingerprint density at radius 1 is 1.50 bits per heavy atom. The summed E-state index contributed by atoms with van der Waals surface area (Å²) in [5, 5.41) is 9.05. The number of hydrogen-bond donors (Lipinski definition) is 1. The molecule has 1 heterocycles. The maximum atomic E-state index is 9.05. The maximum absolute atomic E-state index is 9.05. The number of nitrogens with zero attached hydrogens (tertiary/aromatic N) is 1. The number of aliphatic hydroxyl groups excluding tert-OH is 1. The highest BCUT2D eigenvalue weighted by Crippen LogP contribution is 2.38. The lowest BCUT2D eigenvalue weighted by molar-refractivity contribution is 0.281. The Kier molecular flexibility index (Phi) is 1.72. The van der Waals surface area contributed by atoms with Crippen molar-refractivity contribution in [2.45, 2.75) is 39.3 Å². The largest absolute Gasteiger partial charge is 0.392 e. The van der Waals surface area contributed by atoms with Crippen molar-refractivity contribution in [3.8, 4) is 0 Å². The minimum atomic E-state index is 0.173. The van der Waals surface area contributed by atoms with Crippen molar-refractivity contribution in [2.24, 2.45) is 0 Å². The van der Waals surface area contributed by atoms with Gasteiger partial charge in [0.15, 0.2) is 0 Å². The molecule has 0 bridgehead atoms. The lowest BCUT2D eigenvalue weighted by atomic mass is 10.2. The van der Waals surface area contributed by atoms with E-state index in [2.05, 4.69) is 24.5 Å². The molecule has 1 aliphatic rings. The lowest BCUT2D eigenvalue weighted by Gasteiger charge is -2.06. The van der Waals surface area contributed by atoms with Gasteiger partial charge in [-0.3, -0.25) is 0 Å². The molecule has 0 aliphatic heterocycles. The van der Waals surface area contributed by atoms with Crippen molar-refractivity contribution in [1.29, 1.82) is 0 Å². The highest BCUT2D eigenvalue weighted by molar-refractivity contribution is 5.27. The molecule has 1 aliphatic carbocycles. The van der Waals surface area contributed by atoms with E-state index in [0.717, 1.165) is 11.6 Å². The Hall–Kier alpha value is -0.760. The second-order valence-corrected chi connectivity index (χ2v) is 3.66. The Morgan fingerprint density at radius 3 is 2.58 bits per heavy atom. The fourth-order valence-electron chi connectivity index (χ4n) is 1.90. The summed E-state index contributed by atoms with van der Waals surface area (Å²) < 4.78 is 2.35. The second kappa shape index (κ2) is 2.63. The van der Waals surface area contributed by atoms with E-state index in [1.54, 1.807) is 0 Å². The van der Waals surface area contributed by atoms with E-state index < -0.39 is 0 Å². The number of aromatic nitrogens is 1. The Balaban J connectivity index is 2.44. The quantitative estimate of drug-likeness (QED) is 0.711. The molecule has 1 fully saturated rings. The van der Waals surface area contributed by atoms with Crippen LogP contribution in [0, 0.1) is 13.8 Å². The third-order valence-corrected chi connectivity index (χ3v) is 2.67. The van der Waals surface area contributed by atoms with Gasteiger partial charge in [0.1, 0.15) is 0 Å². The number of aryl methyl sites for hydroxylation is 1. The van der Waals surface area contributed by atoms with Crippen LogP contribution in [0.2, 0.25) is 0 Å². The number of rotatable bonds is 2. The molecule has 0 saturated heterocycles. The zero-order valence-corrected chi connectivity index (χ0v) is 7.67. The first-order chi connectivity index (χ1) is 5.74. The molecule has 1 aromatic heterocycles. The summed E-state index contributed by atoms with van der Waals surface area (Å²) >= 11 is 0. The smallest absolute Gasteiger partial charge is 0.0699 e. The fourth-order valence-corrected chi connectivity index (χ4v) is 1.90. The molecule has 12 heavy (non-hydrogen) atoms. The van der Waals surface area contributed by atoms with E-state index in [-0.39, 0.29) is 6.61 Å². The molecule has 2 heteroatoms. The first-order valence-electron chi connectivity index (χ1n) is 4.52. The second-order valence-electron chi connectivity index (χ2n) is 3.66. The molecule has 0 atom stereocenters. The summed E-state index contributed by atoms with van der Waals surface area (Å²) in [5.74, 6) is 0. The molecule has 1 saturated carbocycles. The van der Waals surface area contributed by atoms with Gasteiger partial charge in [-0.25, -0.2) is 0 Å². The maximum Gasteiger partial charge on any atom is 0.0699 e. The minimum Gasteiger partial charge on any atom is -0.392 e. The fraction of sp³-hybridized carbons (Fsp3) is 0.600. The van der Waals surface area contributed by atoms with Crippen LogP contribution < -0.4 is 0 Å². The molecule has 0 radical (unpaired) electrons. The molecule has 0 amide bonds. The van der Waals surface area contributed by atoms with Crippen molar-refractivity contribution >= 4 is 0 Å². The molecular weight excluding hydrogens is 150 g/mol. The first-order valence-corrected chi connectivity index (χ1v) is 4.52. The van der Waals surface area contributed by atoms with Crippen LogP contribution >= 0.6 is 0 Å². The van der Waals surface area contributed by atoms with Crippen LogP contribution in [-0.4, -0.2) is 9.67 Å². The molecule has 0 aromatic carbocycles. The Morgan fingerprint density at radius 2 is 2.17 bits per heavy atom. The van der Waals surface area contributed by atoms with E-state index in [4.69, 9.17) is 5.11 Å². The van der Waals surface area contributed by atoms with Gasteiger partial charge in [-0.05, 0) is 38.3 Å². The Bertz CT molecular complexity index is 297. The normalized spacial score (nSPS) is 16.9. The average molecular weight is 165 g/mol. The first kappa shape index (κ1) is 7.87. The summed E-state index contributed by atoms with van der Waals surface area (Å²) in [4.78, 5) is 0. The molecule has 0 unspecified atom stereocenters. The summed E-state index contributed by atoms with van der Waals surface area (Å²) in [6, 6.07) is 2.82. The summed E-state index contributed by atoms with van der Waals surface area (Å²) in [6.07, 6.45) is 2.61. The van der Waals surface area contributed by atoms with Gasteiger partial charge in [-0.2, -0.15) is 0 Å². The van der Waals surface area contributed by atoms with Gasteiger partial charge in [-0.1, -0.05) is 0 Å². The van der Waals surface area contributed by atoms with Crippen LogP contribution in [0.5, 0.6) is 0 Å². The third-order valence-electron chi connectivity index (χ3n) is 2.67. The molecule has 2 nitrogen and oxygen atoms in total. The third kappa shape index (κ3) is 1.07. The molecular formula is C10H15NO. The molecule has 1 N–H and O–H groups in total. The standard InChI is InChI=1S/C10H15NO/c1-7-5-9(6-12)8(2)11(7)10-3-4-10/h5,10,12H,3-4,6H2,1-2H3. The summed E-state index contributed by atoms with van der Waals surface area (Å²) in [6.45, 7) is 4.38. The molecule has 2 rings (SSSR count). The van der Waals surface area contributed by atoms with Crippen molar-refractivity contribution in [1.82, 2.24) is 4.57 Å². The number of aliphatic hydroxyl groups is 1. The van der Waals surface area contributed by atoms with Crippen molar-refractivity contribution in [3.63, 3.8) is 0 Å². The van der Waals surface area contributed by atoms with E-state index in [1.165, 1.54) is 24.2 Å². The Labute approximate surface area is 72.8 Å². The lowest BCUT2D eigenvalue weighted by Crippen LogP contribution is -1.99. The van der Waals surface area contributed by atoms with Gasteiger partial charge < -0.3 is 9.67 Å². The average Bonchev–Trinajstić information content (AvgIpc) is 2.80. The highest BCUT2D eigenvalue weighted by atomic mass is 16.3. The zero-order chi connectivity index (χ0) is 8.72. The number of hydrogen-bond acceptors (Lipinski definition) is 1. The van der Waals surface area contributed by atoms with Gasteiger partial charge in [0, 0.05) is 17.4 Å². The van der Waals surface area contributed by atoms with Crippen molar-refractivity contribution < 1.29 is 5.11 Å². The predicted molar refractivity (Wildman–Crippen MR) is 48.1 cm³/mol. The SMILES string of the molecule is Cc1cc(CO)c(C)n1C1CC1. The van der Waals surface area contributed by atoms with Gasteiger partial charge in [-0.15, -0.1) is 0 Å². The zero-order valence-electron chi connectivity index (χ0n) is 7.67. The molecule has 1 aromatic rings. The van der Waals surface area contributed by atoms with Gasteiger partial charge >= 0.3 is 0 Å². The van der Waals surface area contributed by atoms with Crippen LogP contribution in [0.15, 0.2) is 6.07 Å². The van der Waals surface area contributed by atoms with E-state index in [9.17, 15) is 0 Å². The van der Waals surface area contributed by atoms with Crippen LogP contribution in [0.1, 0.15) is 35.8 Å². The molecule has 0 spiro atoms.